The van der Waals surface area contributed by atoms with Crippen molar-refractivity contribution in [2.24, 2.45) is 5.92 Å². The van der Waals surface area contributed by atoms with Crippen molar-refractivity contribution in [3.05, 3.63) is 66.2 Å². The van der Waals surface area contributed by atoms with Crippen LogP contribution in [0.2, 0.25) is 0 Å². The fourth-order valence-electron chi connectivity index (χ4n) is 3.86. The molecule has 3 rings (SSSR count). The van der Waals surface area contributed by atoms with E-state index in [1.807, 2.05) is 62.6 Å². The molecule has 0 bridgehead atoms. The summed E-state index contributed by atoms with van der Waals surface area (Å²) in [5.74, 6) is 0.104. The zero-order chi connectivity index (χ0) is 21.3. The maximum absolute atomic E-state index is 12.5. The molecule has 2 amide bonds. The standard InChI is InChI=1S/C24H32N4O2/c1-27(2)22(19-9-5-3-6-10-19)17-25-23(29)18-28-15-13-20(14-16-28)24(30)26-21-11-7-4-8-12-21/h3-12,20,22H,13-18H2,1-2H3,(H,25,29)(H,26,30). The smallest absolute Gasteiger partial charge is 0.234 e. The van der Waals surface area contributed by atoms with E-state index in [1.165, 1.54) is 5.56 Å². The van der Waals surface area contributed by atoms with Crippen LogP contribution < -0.4 is 10.6 Å². The molecule has 0 saturated carbocycles. The minimum atomic E-state index is 0.000666. The van der Waals surface area contributed by atoms with Crippen molar-refractivity contribution in [1.82, 2.24) is 15.1 Å². The molecule has 6 nitrogen and oxygen atoms in total. The van der Waals surface area contributed by atoms with Crippen molar-refractivity contribution in [3.63, 3.8) is 0 Å². The number of carbonyl (C=O) groups excluding carboxylic acids is 2. The van der Waals surface area contributed by atoms with Gasteiger partial charge in [-0.3, -0.25) is 14.5 Å². The number of benzene rings is 2. The number of likely N-dealkylation sites (N-methyl/N-ethyl adjacent to an activating group) is 1. The third kappa shape index (κ3) is 6.40. The molecule has 0 radical (unpaired) electrons. The van der Waals surface area contributed by atoms with Gasteiger partial charge in [-0.1, -0.05) is 48.5 Å². The summed E-state index contributed by atoms with van der Waals surface area (Å²) in [6.07, 6.45) is 1.55. The van der Waals surface area contributed by atoms with Crippen LogP contribution in [0.4, 0.5) is 5.69 Å². The van der Waals surface area contributed by atoms with Crippen LogP contribution in [0.15, 0.2) is 60.7 Å². The molecule has 0 aromatic heterocycles. The fraction of sp³-hybridized carbons (Fsp3) is 0.417. The number of para-hydroxylation sites is 1. The molecular formula is C24H32N4O2. The quantitative estimate of drug-likeness (QED) is 0.705. The van der Waals surface area contributed by atoms with Crippen molar-refractivity contribution in [1.29, 1.82) is 0 Å². The van der Waals surface area contributed by atoms with Gasteiger partial charge >= 0.3 is 0 Å². The van der Waals surface area contributed by atoms with Crippen LogP contribution in [-0.2, 0) is 9.59 Å². The Hall–Kier alpha value is -2.70. The highest BCUT2D eigenvalue weighted by Crippen LogP contribution is 2.20. The molecule has 6 heteroatoms. The van der Waals surface area contributed by atoms with Crippen LogP contribution in [0, 0.1) is 5.92 Å². The average Bonchev–Trinajstić information content (AvgIpc) is 2.75. The lowest BCUT2D eigenvalue weighted by Crippen LogP contribution is -2.44. The predicted molar refractivity (Wildman–Crippen MR) is 120 cm³/mol. The monoisotopic (exact) mass is 408 g/mol. The van der Waals surface area contributed by atoms with E-state index in [4.69, 9.17) is 0 Å². The van der Waals surface area contributed by atoms with Crippen LogP contribution in [0.25, 0.3) is 0 Å². The van der Waals surface area contributed by atoms with E-state index in [1.54, 1.807) is 0 Å². The summed E-state index contributed by atoms with van der Waals surface area (Å²) >= 11 is 0. The van der Waals surface area contributed by atoms with Crippen molar-refractivity contribution in [2.45, 2.75) is 18.9 Å². The second kappa shape index (κ2) is 10.9. The molecule has 2 aromatic rings. The molecule has 2 N–H and O–H groups in total. The maximum Gasteiger partial charge on any atom is 0.234 e. The summed E-state index contributed by atoms with van der Waals surface area (Å²) in [5, 5.41) is 6.06. The lowest BCUT2D eigenvalue weighted by atomic mass is 9.96. The number of likely N-dealkylation sites (tertiary alicyclic amines) is 1. The highest BCUT2D eigenvalue weighted by Gasteiger charge is 2.26. The predicted octanol–water partition coefficient (Wildman–Crippen LogP) is 2.76. The maximum atomic E-state index is 12.5. The topological polar surface area (TPSA) is 64.7 Å². The van der Waals surface area contributed by atoms with Crippen LogP contribution >= 0.6 is 0 Å². The Balaban J connectivity index is 1.41. The number of piperidine rings is 1. The summed E-state index contributed by atoms with van der Waals surface area (Å²) in [6.45, 7) is 2.47. The third-order valence-corrected chi connectivity index (χ3v) is 5.67. The van der Waals surface area contributed by atoms with E-state index in [0.717, 1.165) is 31.6 Å². The molecule has 1 saturated heterocycles. The Morgan fingerprint density at radius 3 is 2.20 bits per heavy atom. The number of carbonyl (C=O) groups is 2. The molecule has 1 unspecified atom stereocenters. The van der Waals surface area contributed by atoms with Crippen LogP contribution in [-0.4, -0.2) is 61.9 Å². The Kier molecular flexibility index (Phi) is 7.99. The number of rotatable bonds is 8. The SMILES string of the molecule is CN(C)C(CNC(=O)CN1CCC(C(=O)Nc2ccccc2)CC1)c1ccccc1. The molecule has 2 aromatic carbocycles. The van der Waals surface area contributed by atoms with Crippen molar-refractivity contribution >= 4 is 17.5 Å². The highest BCUT2D eigenvalue weighted by molar-refractivity contribution is 5.92. The van der Waals surface area contributed by atoms with E-state index in [9.17, 15) is 9.59 Å². The van der Waals surface area contributed by atoms with E-state index in [2.05, 4.69) is 32.6 Å². The summed E-state index contributed by atoms with van der Waals surface area (Å²) < 4.78 is 0. The van der Waals surface area contributed by atoms with Crippen LogP contribution in [0.3, 0.4) is 0 Å². The number of anilines is 1. The first-order valence-electron chi connectivity index (χ1n) is 10.6. The Bertz CT molecular complexity index is 802. The highest BCUT2D eigenvalue weighted by atomic mass is 16.2. The van der Waals surface area contributed by atoms with Crippen LogP contribution in [0.1, 0.15) is 24.4 Å². The lowest BCUT2D eigenvalue weighted by Gasteiger charge is -2.31. The molecule has 1 heterocycles. The van der Waals surface area contributed by atoms with Crippen molar-refractivity contribution in [3.8, 4) is 0 Å². The van der Waals surface area contributed by atoms with Gasteiger partial charge in [0.25, 0.3) is 0 Å². The van der Waals surface area contributed by atoms with E-state index < -0.39 is 0 Å². The van der Waals surface area contributed by atoms with E-state index >= 15 is 0 Å². The van der Waals surface area contributed by atoms with Gasteiger partial charge in [0, 0.05) is 18.2 Å². The Labute approximate surface area is 179 Å². The number of hydrogen-bond donors (Lipinski definition) is 2. The normalized spacial score (nSPS) is 16.2. The molecule has 0 aliphatic carbocycles. The summed E-state index contributed by atoms with van der Waals surface area (Å²) in [5.41, 5.74) is 2.02. The van der Waals surface area contributed by atoms with Gasteiger partial charge in [-0.25, -0.2) is 0 Å². The second-order valence-corrected chi connectivity index (χ2v) is 8.10. The van der Waals surface area contributed by atoms with Gasteiger partial charge in [0.05, 0.1) is 12.6 Å². The van der Waals surface area contributed by atoms with E-state index in [-0.39, 0.29) is 23.8 Å². The number of amides is 2. The van der Waals surface area contributed by atoms with E-state index in [0.29, 0.717) is 13.1 Å². The number of nitrogens with one attached hydrogen (secondary N) is 2. The first-order valence-corrected chi connectivity index (χ1v) is 10.6. The molecule has 160 valence electrons. The van der Waals surface area contributed by atoms with Gasteiger partial charge in [0.2, 0.25) is 11.8 Å². The summed E-state index contributed by atoms with van der Waals surface area (Å²) in [6, 6.07) is 19.9. The number of hydrogen-bond acceptors (Lipinski definition) is 4. The molecule has 0 spiro atoms. The van der Waals surface area contributed by atoms with Gasteiger partial charge in [0.15, 0.2) is 0 Å². The van der Waals surface area contributed by atoms with Gasteiger partial charge in [0.1, 0.15) is 0 Å². The molecular weight excluding hydrogens is 376 g/mol. The molecule has 30 heavy (non-hydrogen) atoms. The van der Waals surface area contributed by atoms with Gasteiger partial charge in [-0.05, 0) is 57.7 Å². The third-order valence-electron chi connectivity index (χ3n) is 5.67. The summed E-state index contributed by atoms with van der Waals surface area (Å²) in [7, 11) is 4.05. The lowest BCUT2D eigenvalue weighted by molar-refractivity contribution is -0.123. The Morgan fingerprint density at radius 1 is 1.00 bits per heavy atom. The fourth-order valence-corrected chi connectivity index (χ4v) is 3.86. The van der Waals surface area contributed by atoms with Gasteiger partial charge in [-0.2, -0.15) is 0 Å². The first-order chi connectivity index (χ1) is 14.5. The second-order valence-electron chi connectivity index (χ2n) is 8.10. The van der Waals surface area contributed by atoms with Crippen molar-refractivity contribution in [2.75, 3.05) is 45.6 Å². The molecule has 1 fully saturated rings. The zero-order valence-corrected chi connectivity index (χ0v) is 17.9. The zero-order valence-electron chi connectivity index (χ0n) is 17.9. The first kappa shape index (κ1) is 22.0. The van der Waals surface area contributed by atoms with Gasteiger partial charge < -0.3 is 15.5 Å². The minimum Gasteiger partial charge on any atom is -0.353 e. The average molecular weight is 409 g/mol. The minimum absolute atomic E-state index is 0.000666. The largest absolute Gasteiger partial charge is 0.353 e. The van der Waals surface area contributed by atoms with Crippen molar-refractivity contribution < 1.29 is 9.59 Å². The number of nitrogens with zero attached hydrogens (tertiary/aromatic N) is 2. The Morgan fingerprint density at radius 2 is 1.60 bits per heavy atom. The molecule has 1 aliphatic heterocycles. The molecule has 1 atom stereocenters. The van der Waals surface area contributed by atoms with Gasteiger partial charge in [-0.15, -0.1) is 0 Å². The molecule has 1 aliphatic rings. The summed E-state index contributed by atoms with van der Waals surface area (Å²) in [4.78, 5) is 29.2. The van der Waals surface area contributed by atoms with Crippen LogP contribution in [0.5, 0.6) is 0 Å².